The van der Waals surface area contributed by atoms with Gasteiger partial charge in [-0.3, -0.25) is 0 Å². The molecule has 0 aliphatic heterocycles. The molecular formula is C28H25N3. The van der Waals surface area contributed by atoms with Crippen molar-refractivity contribution in [3.8, 4) is 6.07 Å². The molecule has 5 aromatic rings. The van der Waals surface area contributed by atoms with E-state index in [9.17, 15) is 5.26 Å². The van der Waals surface area contributed by atoms with Crippen LogP contribution in [0, 0.1) is 25.2 Å². The Labute approximate surface area is 182 Å². The Morgan fingerprint density at radius 3 is 1.65 bits per heavy atom. The van der Waals surface area contributed by atoms with Gasteiger partial charge in [0.2, 0.25) is 0 Å². The van der Waals surface area contributed by atoms with E-state index >= 15 is 0 Å². The summed E-state index contributed by atoms with van der Waals surface area (Å²) < 4.78 is 4.28. The maximum atomic E-state index is 10.9. The maximum absolute atomic E-state index is 10.9. The van der Waals surface area contributed by atoms with Crippen LogP contribution in [0.3, 0.4) is 0 Å². The third-order valence-corrected chi connectivity index (χ3v) is 6.47. The Morgan fingerprint density at radius 1 is 0.710 bits per heavy atom. The Bertz CT molecular complexity index is 1390. The highest BCUT2D eigenvalue weighted by Gasteiger charge is 2.41. The molecule has 0 radical (unpaired) electrons. The van der Waals surface area contributed by atoms with E-state index in [0.717, 1.165) is 38.5 Å². The fourth-order valence-electron chi connectivity index (χ4n) is 4.91. The molecule has 0 atom stereocenters. The SMILES string of the molecule is Cc1ccc2c(C(C#N)(c3ccccc3)c3cn(C)c4cc(C)ccc34)cn(C)c2c1. The Balaban J connectivity index is 1.96. The summed E-state index contributed by atoms with van der Waals surface area (Å²) in [6.07, 6.45) is 4.26. The van der Waals surface area contributed by atoms with Crippen molar-refractivity contribution >= 4 is 21.8 Å². The number of nitriles is 1. The van der Waals surface area contributed by atoms with Crippen molar-refractivity contribution in [2.45, 2.75) is 19.3 Å². The molecule has 152 valence electrons. The first-order valence-electron chi connectivity index (χ1n) is 10.5. The second-order valence-electron chi connectivity index (χ2n) is 8.58. The molecular weight excluding hydrogens is 378 g/mol. The van der Waals surface area contributed by atoms with Crippen LogP contribution in [0.5, 0.6) is 0 Å². The van der Waals surface area contributed by atoms with E-state index in [4.69, 9.17) is 0 Å². The van der Waals surface area contributed by atoms with Crippen molar-refractivity contribution < 1.29 is 0 Å². The van der Waals surface area contributed by atoms with Gasteiger partial charge in [0.1, 0.15) is 5.41 Å². The molecule has 3 heteroatoms. The minimum Gasteiger partial charge on any atom is -0.350 e. The summed E-state index contributed by atoms with van der Waals surface area (Å²) in [5, 5.41) is 13.1. The van der Waals surface area contributed by atoms with Gasteiger partial charge in [0.05, 0.1) is 6.07 Å². The molecule has 3 nitrogen and oxygen atoms in total. The molecule has 0 spiro atoms. The van der Waals surface area contributed by atoms with Crippen LogP contribution in [0.25, 0.3) is 21.8 Å². The lowest BCUT2D eigenvalue weighted by molar-refractivity contribution is 0.792. The van der Waals surface area contributed by atoms with E-state index in [1.54, 1.807) is 0 Å². The van der Waals surface area contributed by atoms with E-state index in [0.29, 0.717) is 0 Å². The van der Waals surface area contributed by atoms with E-state index in [1.165, 1.54) is 11.1 Å². The molecule has 0 saturated heterocycles. The zero-order valence-electron chi connectivity index (χ0n) is 18.3. The zero-order valence-corrected chi connectivity index (χ0v) is 18.3. The number of rotatable bonds is 3. The number of aryl methyl sites for hydroxylation is 4. The van der Waals surface area contributed by atoms with E-state index < -0.39 is 5.41 Å². The highest BCUT2D eigenvalue weighted by atomic mass is 14.9. The molecule has 0 aliphatic carbocycles. The second-order valence-corrected chi connectivity index (χ2v) is 8.58. The van der Waals surface area contributed by atoms with Crippen LogP contribution < -0.4 is 0 Å². The average Bonchev–Trinajstić information content (AvgIpc) is 3.27. The van der Waals surface area contributed by atoms with Gasteiger partial charge in [-0.25, -0.2) is 0 Å². The van der Waals surface area contributed by atoms with Gasteiger partial charge in [0.25, 0.3) is 0 Å². The van der Waals surface area contributed by atoms with Gasteiger partial charge >= 0.3 is 0 Å². The first kappa shape index (κ1) is 19.2. The molecule has 3 aromatic carbocycles. The summed E-state index contributed by atoms with van der Waals surface area (Å²) in [5.41, 5.74) is 6.80. The Morgan fingerprint density at radius 2 is 1.19 bits per heavy atom. The van der Waals surface area contributed by atoms with Crippen molar-refractivity contribution in [2.24, 2.45) is 14.1 Å². The lowest BCUT2D eigenvalue weighted by Crippen LogP contribution is -2.27. The van der Waals surface area contributed by atoms with Gasteiger partial charge in [0.15, 0.2) is 0 Å². The predicted octanol–water partition coefficient (Wildman–Crippen LogP) is 6.14. The summed E-state index contributed by atoms with van der Waals surface area (Å²) in [4.78, 5) is 0. The zero-order chi connectivity index (χ0) is 21.8. The van der Waals surface area contributed by atoms with Gasteiger partial charge in [-0.2, -0.15) is 5.26 Å². The first-order valence-corrected chi connectivity index (χ1v) is 10.5. The first-order chi connectivity index (χ1) is 15.0. The molecule has 0 fully saturated rings. The number of benzene rings is 3. The molecule has 0 saturated carbocycles. The topological polar surface area (TPSA) is 33.6 Å². The number of fused-ring (bicyclic) bond motifs is 2. The van der Waals surface area contributed by atoms with E-state index in [1.807, 2.05) is 18.2 Å². The lowest BCUT2D eigenvalue weighted by Gasteiger charge is -2.27. The Kier molecular flexibility index (Phi) is 4.27. The minimum atomic E-state index is -0.926. The van der Waals surface area contributed by atoms with Crippen molar-refractivity contribution in [1.29, 1.82) is 5.26 Å². The largest absolute Gasteiger partial charge is 0.350 e. The van der Waals surface area contributed by atoms with Crippen molar-refractivity contribution in [1.82, 2.24) is 9.13 Å². The number of hydrogen-bond acceptors (Lipinski definition) is 1. The highest BCUT2D eigenvalue weighted by molar-refractivity contribution is 5.93. The van der Waals surface area contributed by atoms with Gasteiger partial charge < -0.3 is 9.13 Å². The quantitative estimate of drug-likeness (QED) is 0.356. The van der Waals surface area contributed by atoms with Crippen LogP contribution in [-0.2, 0) is 19.5 Å². The summed E-state index contributed by atoms with van der Waals surface area (Å²) in [6.45, 7) is 4.21. The molecule has 0 aliphatic rings. The molecule has 2 heterocycles. The number of hydrogen-bond donors (Lipinski definition) is 0. The molecule has 0 N–H and O–H groups in total. The van der Waals surface area contributed by atoms with Crippen LogP contribution in [0.2, 0.25) is 0 Å². The van der Waals surface area contributed by atoms with Crippen LogP contribution in [0.15, 0.2) is 79.1 Å². The van der Waals surface area contributed by atoms with Gasteiger partial charge in [-0.05, 0) is 42.7 Å². The molecule has 5 rings (SSSR count). The molecule has 0 amide bonds. The smallest absolute Gasteiger partial charge is 0.136 e. The van der Waals surface area contributed by atoms with Crippen molar-refractivity contribution in [3.63, 3.8) is 0 Å². The third kappa shape index (κ3) is 2.72. The van der Waals surface area contributed by atoms with Gasteiger partial charge in [-0.15, -0.1) is 0 Å². The summed E-state index contributed by atoms with van der Waals surface area (Å²) in [6, 6.07) is 25.9. The Hall–Kier alpha value is -3.77. The van der Waals surface area contributed by atoms with Gasteiger partial charge in [0, 0.05) is 59.4 Å². The maximum Gasteiger partial charge on any atom is 0.136 e. The van der Waals surface area contributed by atoms with Crippen LogP contribution in [0.1, 0.15) is 27.8 Å². The van der Waals surface area contributed by atoms with E-state index in [-0.39, 0.29) is 0 Å². The van der Waals surface area contributed by atoms with Crippen molar-refractivity contribution in [2.75, 3.05) is 0 Å². The summed E-state index contributed by atoms with van der Waals surface area (Å²) in [7, 11) is 4.12. The monoisotopic (exact) mass is 403 g/mol. The molecule has 0 unspecified atom stereocenters. The predicted molar refractivity (Wildman–Crippen MR) is 127 cm³/mol. The minimum absolute atomic E-state index is 0.926. The highest BCUT2D eigenvalue weighted by Crippen LogP contribution is 2.45. The fraction of sp³-hybridized carbons (Fsp3) is 0.179. The molecule has 0 bridgehead atoms. The normalized spacial score (nSPS) is 11.8. The van der Waals surface area contributed by atoms with Gasteiger partial charge in [-0.1, -0.05) is 54.6 Å². The lowest BCUT2D eigenvalue weighted by atomic mass is 9.70. The third-order valence-electron chi connectivity index (χ3n) is 6.47. The fourth-order valence-corrected chi connectivity index (χ4v) is 4.91. The molecule has 31 heavy (non-hydrogen) atoms. The van der Waals surface area contributed by atoms with Crippen LogP contribution >= 0.6 is 0 Å². The standard InChI is InChI=1S/C28H25N3/c1-19-10-12-22-24(16-30(3)26(22)14-19)28(18-29,21-8-6-5-7-9-21)25-17-31(4)27-15-20(2)11-13-23(25)27/h5-17H,1-4H3. The second kappa shape index (κ2) is 6.89. The van der Waals surface area contributed by atoms with Crippen LogP contribution in [0.4, 0.5) is 0 Å². The average molecular weight is 404 g/mol. The summed E-state index contributed by atoms with van der Waals surface area (Å²) in [5.74, 6) is 0. The molecule has 2 aromatic heterocycles. The van der Waals surface area contributed by atoms with Crippen molar-refractivity contribution in [3.05, 3.63) is 107 Å². The van der Waals surface area contributed by atoms with E-state index in [2.05, 4.69) is 104 Å². The number of aromatic nitrogens is 2. The summed E-state index contributed by atoms with van der Waals surface area (Å²) >= 11 is 0. The van der Waals surface area contributed by atoms with Crippen LogP contribution in [-0.4, -0.2) is 9.13 Å². The number of nitrogens with zero attached hydrogens (tertiary/aromatic N) is 3.